The molecule has 0 radical (unpaired) electrons. The lowest BCUT2D eigenvalue weighted by Crippen LogP contribution is -2.47. The molecule has 1 aromatic carbocycles. The van der Waals surface area contributed by atoms with E-state index in [9.17, 15) is 19.5 Å². The fourth-order valence-corrected chi connectivity index (χ4v) is 2.36. The van der Waals surface area contributed by atoms with Crippen LogP contribution in [0.25, 0.3) is 11.0 Å². The number of halogens is 1. The smallest absolute Gasteiger partial charge is 0.349 e. The van der Waals surface area contributed by atoms with Crippen molar-refractivity contribution in [2.45, 2.75) is 19.4 Å². The zero-order chi connectivity index (χ0) is 17.4. The molecule has 8 heteroatoms. The first-order valence-corrected chi connectivity index (χ1v) is 7.39. The first kappa shape index (κ1) is 17.2. The van der Waals surface area contributed by atoms with Gasteiger partial charge in [0.1, 0.15) is 11.1 Å². The Kier molecular flexibility index (Phi) is 4.58. The van der Waals surface area contributed by atoms with Crippen molar-refractivity contribution in [3.8, 4) is 0 Å². The Bertz CT molecular complexity index is 855. The Morgan fingerprint density at radius 3 is 2.65 bits per heavy atom. The van der Waals surface area contributed by atoms with Crippen LogP contribution in [0.3, 0.4) is 0 Å². The van der Waals surface area contributed by atoms with E-state index in [1.165, 1.54) is 0 Å². The van der Waals surface area contributed by atoms with Gasteiger partial charge in [-0.25, -0.2) is 9.59 Å². The van der Waals surface area contributed by atoms with E-state index in [0.29, 0.717) is 16.5 Å². The zero-order valence-corrected chi connectivity index (χ0v) is 13.9. The number of carbonyl (C=O) groups excluding carboxylic acids is 1. The van der Waals surface area contributed by atoms with Crippen LogP contribution in [0.2, 0.25) is 0 Å². The summed E-state index contributed by atoms with van der Waals surface area (Å²) in [5.41, 5.74) is -2.44. The summed E-state index contributed by atoms with van der Waals surface area (Å²) in [5, 5.41) is 21.2. The predicted molar refractivity (Wildman–Crippen MR) is 85.5 cm³/mol. The number of fused-ring (bicyclic) bond motifs is 1. The molecule has 0 saturated carbocycles. The third-order valence-electron chi connectivity index (χ3n) is 3.41. The van der Waals surface area contributed by atoms with Crippen LogP contribution in [-0.4, -0.2) is 34.2 Å². The molecular weight excluding hydrogens is 370 g/mol. The molecule has 23 heavy (non-hydrogen) atoms. The number of benzene rings is 1. The summed E-state index contributed by atoms with van der Waals surface area (Å²) in [6.07, 6.45) is 0. The van der Waals surface area contributed by atoms with Crippen molar-refractivity contribution in [3.63, 3.8) is 0 Å². The molecule has 3 N–H and O–H groups in total. The van der Waals surface area contributed by atoms with Crippen molar-refractivity contribution < 1.29 is 24.2 Å². The summed E-state index contributed by atoms with van der Waals surface area (Å²) in [7, 11) is 0. The number of aryl methyl sites for hydroxylation is 1. The summed E-state index contributed by atoms with van der Waals surface area (Å²) in [5.74, 6) is -2.29. The molecule has 0 spiro atoms. The number of aliphatic carboxylic acids is 1. The molecule has 0 fully saturated rings. The van der Waals surface area contributed by atoms with Gasteiger partial charge in [0.15, 0.2) is 5.60 Å². The summed E-state index contributed by atoms with van der Waals surface area (Å²) < 4.78 is 5.87. The number of carbonyl (C=O) groups is 2. The van der Waals surface area contributed by atoms with Crippen LogP contribution >= 0.6 is 15.9 Å². The van der Waals surface area contributed by atoms with Gasteiger partial charge in [-0.15, -0.1) is 0 Å². The number of hydrogen-bond donors (Lipinski definition) is 3. The molecule has 1 atom stereocenters. The molecule has 2 rings (SSSR count). The van der Waals surface area contributed by atoms with Gasteiger partial charge in [-0.3, -0.25) is 4.79 Å². The van der Waals surface area contributed by atoms with E-state index >= 15 is 0 Å². The third-order valence-corrected chi connectivity index (χ3v) is 3.90. The Morgan fingerprint density at radius 2 is 2.04 bits per heavy atom. The van der Waals surface area contributed by atoms with E-state index in [1.807, 2.05) is 0 Å². The number of carboxylic acids is 1. The van der Waals surface area contributed by atoms with Crippen LogP contribution in [0.15, 0.2) is 31.9 Å². The van der Waals surface area contributed by atoms with Crippen LogP contribution in [-0.2, 0) is 4.79 Å². The number of hydrogen-bond acceptors (Lipinski definition) is 5. The molecule has 2 aromatic rings. The first-order chi connectivity index (χ1) is 10.6. The highest BCUT2D eigenvalue weighted by atomic mass is 79.9. The second-order valence-electron chi connectivity index (χ2n) is 5.29. The molecule has 1 unspecified atom stereocenters. The maximum absolute atomic E-state index is 12.2. The molecule has 122 valence electrons. The van der Waals surface area contributed by atoms with Gasteiger partial charge < -0.3 is 19.9 Å². The van der Waals surface area contributed by atoms with Gasteiger partial charge in [-0.05, 0) is 37.6 Å². The van der Waals surface area contributed by atoms with Gasteiger partial charge in [-0.1, -0.05) is 15.9 Å². The topological polar surface area (TPSA) is 117 Å². The molecule has 7 nitrogen and oxygen atoms in total. The second-order valence-corrected chi connectivity index (χ2v) is 6.21. The Hall–Kier alpha value is -2.19. The van der Waals surface area contributed by atoms with Gasteiger partial charge in [0.05, 0.1) is 6.54 Å². The average molecular weight is 384 g/mol. The van der Waals surface area contributed by atoms with E-state index in [-0.39, 0.29) is 5.56 Å². The standard InChI is InChI=1S/C15H14BrNO6/c1-7-9-5-8(16)3-4-10(9)23-13(19)11(7)12(18)17-6-15(2,22)14(20)21/h3-5,22H,6H2,1-2H3,(H,17,18)(H,20,21). The highest BCUT2D eigenvalue weighted by molar-refractivity contribution is 9.10. The summed E-state index contributed by atoms with van der Waals surface area (Å²) in [6, 6.07) is 5.01. The van der Waals surface area contributed by atoms with Crippen LogP contribution in [0.1, 0.15) is 22.8 Å². The Labute approximate surface area is 139 Å². The van der Waals surface area contributed by atoms with Crippen molar-refractivity contribution in [3.05, 3.63) is 44.2 Å². The minimum Gasteiger partial charge on any atom is -0.479 e. The lowest BCUT2D eigenvalue weighted by Gasteiger charge is -2.18. The van der Waals surface area contributed by atoms with Crippen molar-refractivity contribution in [1.82, 2.24) is 5.32 Å². The molecule has 1 amide bonds. The SMILES string of the molecule is Cc1c(C(=O)NCC(C)(O)C(=O)O)c(=O)oc2ccc(Br)cc12. The first-order valence-electron chi connectivity index (χ1n) is 6.60. The van der Waals surface area contributed by atoms with E-state index in [4.69, 9.17) is 9.52 Å². The second kappa shape index (κ2) is 6.13. The molecule has 1 aromatic heterocycles. The maximum Gasteiger partial charge on any atom is 0.349 e. The van der Waals surface area contributed by atoms with Gasteiger partial charge in [0.25, 0.3) is 5.91 Å². The number of nitrogens with one attached hydrogen (secondary N) is 1. The predicted octanol–water partition coefficient (Wildman–Crippen LogP) is 1.43. The molecular formula is C15H14BrNO6. The minimum absolute atomic E-state index is 0.225. The molecule has 0 aliphatic rings. The van der Waals surface area contributed by atoms with Crippen LogP contribution in [0.4, 0.5) is 0 Å². The van der Waals surface area contributed by atoms with Crippen molar-refractivity contribution in [1.29, 1.82) is 0 Å². The van der Waals surface area contributed by atoms with Gasteiger partial charge >= 0.3 is 11.6 Å². The van der Waals surface area contributed by atoms with E-state index in [0.717, 1.165) is 11.4 Å². The van der Waals surface area contributed by atoms with Crippen LogP contribution in [0, 0.1) is 6.92 Å². The summed E-state index contributed by atoms with van der Waals surface area (Å²) in [6.45, 7) is 2.09. The van der Waals surface area contributed by atoms with Crippen molar-refractivity contribution in [2.24, 2.45) is 0 Å². The number of carboxylic acid groups (broad SMARTS) is 1. The lowest BCUT2D eigenvalue weighted by atomic mass is 10.0. The number of amides is 1. The van der Waals surface area contributed by atoms with Gasteiger partial charge in [0, 0.05) is 9.86 Å². The largest absolute Gasteiger partial charge is 0.479 e. The number of aliphatic hydroxyl groups is 1. The average Bonchev–Trinajstić information content (AvgIpc) is 2.46. The zero-order valence-electron chi connectivity index (χ0n) is 12.3. The van der Waals surface area contributed by atoms with E-state index in [1.54, 1.807) is 25.1 Å². The third kappa shape index (κ3) is 3.43. The normalized spacial score (nSPS) is 13.6. The summed E-state index contributed by atoms with van der Waals surface area (Å²) >= 11 is 3.30. The molecule has 1 heterocycles. The molecule has 0 aliphatic carbocycles. The lowest BCUT2D eigenvalue weighted by molar-refractivity contribution is -0.155. The minimum atomic E-state index is -2.14. The quantitative estimate of drug-likeness (QED) is 0.687. The van der Waals surface area contributed by atoms with Gasteiger partial charge in [0.2, 0.25) is 0 Å². The molecule has 0 saturated heterocycles. The van der Waals surface area contributed by atoms with Crippen LogP contribution < -0.4 is 10.9 Å². The fraction of sp³-hybridized carbons (Fsp3) is 0.267. The maximum atomic E-state index is 12.2. The monoisotopic (exact) mass is 383 g/mol. The highest BCUT2D eigenvalue weighted by Crippen LogP contribution is 2.23. The van der Waals surface area contributed by atoms with Crippen molar-refractivity contribution in [2.75, 3.05) is 6.54 Å². The van der Waals surface area contributed by atoms with E-state index < -0.39 is 29.6 Å². The van der Waals surface area contributed by atoms with Crippen molar-refractivity contribution >= 4 is 38.8 Å². The Balaban J connectivity index is 2.41. The summed E-state index contributed by atoms with van der Waals surface area (Å²) in [4.78, 5) is 35.0. The van der Waals surface area contributed by atoms with Crippen LogP contribution in [0.5, 0.6) is 0 Å². The Morgan fingerprint density at radius 1 is 1.39 bits per heavy atom. The highest BCUT2D eigenvalue weighted by Gasteiger charge is 2.31. The molecule has 0 bridgehead atoms. The van der Waals surface area contributed by atoms with Gasteiger partial charge in [-0.2, -0.15) is 0 Å². The fourth-order valence-electron chi connectivity index (χ4n) is 2.00. The number of rotatable bonds is 4. The van der Waals surface area contributed by atoms with E-state index in [2.05, 4.69) is 21.2 Å². The molecule has 0 aliphatic heterocycles.